The van der Waals surface area contributed by atoms with Gasteiger partial charge in [-0.2, -0.15) is 0 Å². The van der Waals surface area contributed by atoms with Crippen LogP contribution in [0.4, 0.5) is 0 Å². The fourth-order valence-corrected chi connectivity index (χ4v) is 3.21. The fraction of sp³-hybridized carbons (Fsp3) is 0.611. The number of hydrogen-bond donors (Lipinski definition) is 2. The van der Waals surface area contributed by atoms with Gasteiger partial charge in [-0.3, -0.25) is 0 Å². The number of piperidine rings is 1. The first-order valence-corrected chi connectivity index (χ1v) is 8.58. The van der Waals surface area contributed by atoms with E-state index in [4.69, 9.17) is 9.72 Å². The van der Waals surface area contributed by atoms with Crippen LogP contribution in [0.3, 0.4) is 0 Å². The smallest absolute Gasteiger partial charge is 0.110 e. The van der Waals surface area contributed by atoms with Gasteiger partial charge in [0, 0.05) is 12.5 Å². The van der Waals surface area contributed by atoms with Gasteiger partial charge in [-0.15, -0.1) is 0 Å². The van der Waals surface area contributed by atoms with Crippen LogP contribution in [0.25, 0.3) is 11.0 Å². The molecular formula is C18H27N3O2. The van der Waals surface area contributed by atoms with E-state index in [1.807, 2.05) is 26.0 Å². The maximum atomic E-state index is 10.0. The molecule has 1 aliphatic heterocycles. The fourth-order valence-electron chi connectivity index (χ4n) is 3.21. The number of para-hydroxylation sites is 2. The first-order valence-electron chi connectivity index (χ1n) is 8.58. The minimum absolute atomic E-state index is 0.170. The highest BCUT2D eigenvalue weighted by Crippen LogP contribution is 2.27. The minimum atomic E-state index is -0.403. The zero-order valence-corrected chi connectivity index (χ0v) is 14.0. The molecule has 1 fully saturated rings. The molecule has 2 heterocycles. The average molecular weight is 317 g/mol. The number of rotatable bonds is 6. The molecule has 1 aromatic heterocycles. The lowest BCUT2D eigenvalue weighted by Gasteiger charge is -2.32. The van der Waals surface area contributed by atoms with Crippen LogP contribution in [0.5, 0.6) is 0 Å². The zero-order valence-electron chi connectivity index (χ0n) is 14.0. The van der Waals surface area contributed by atoms with Gasteiger partial charge in [0.1, 0.15) is 5.82 Å². The number of benzene rings is 1. The Kier molecular flexibility index (Phi) is 5.30. The third kappa shape index (κ3) is 4.31. The van der Waals surface area contributed by atoms with Crippen molar-refractivity contribution in [2.24, 2.45) is 0 Å². The molecule has 0 radical (unpaired) electrons. The molecule has 0 saturated carbocycles. The van der Waals surface area contributed by atoms with Gasteiger partial charge in [0.25, 0.3) is 0 Å². The molecule has 5 nitrogen and oxygen atoms in total. The normalized spacial score (nSPS) is 18.8. The number of hydrogen-bond acceptors (Lipinski definition) is 4. The number of likely N-dealkylation sites (tertiary alicyclic amines) is 1. The summed E-state index contributed by atoms with van der Waals surface area (Å²) in [5, 5.41) is 10.0. The Balaban J connectivity index is 1.50. The number of β-amino-alcohol motifs (C(OH)–C–C–N with tert-alkyl or cyclic N) is 1. The Bertz CT molecular complexity index is 585. The Hall–Kier alpha value is -1.43. The third-order valence-electron chi connectivity index (χ3n) is 4.47. The van der Waals surface area contributed by atoms with Gasteiger partial charge in [0.2, 0.25) is 0 Å². The number of aliphatic hydroxyl groups excluding tert-OH is 1. The van der Waals surface area contributed by atoms with Crippen LogP contribution in [0.1, 0.15) is 38.4 Å². The van der Waals surface area contributed by atoms with Crippen LogP contribution in [0.2, 0.25) is 0 Å². The summed E-state index contributed by atoms with van der Waals surface area (Å²) in [7, 11) is 0. The zero-order chi connectivity index (χ0) is 16.2. The molecule has 5 heteroatoms. The Morgan fingerprint density at radius 1 is 1.30 bits per heavy atom. The molecule has 0 unspecified atom stereocenters. The van der Waals surface area contributed by atoms with Crippen molar-refractivity contribution in [3.8, 4) is 0 Å². The van der Waals surface area contributed by atoms with Crippen molar-refractivity contribution in [2.75, 3.05) is 26.2 Å². The maximum Gasteiger partial charge on any atom is 0.110 e. The van der Waals surface area contributed by atoms with Crippen molar-refractivity contribution < 1.29 is 9.84 Å². The summed E-state index contributed by atoms with van der Waals surface area (Å²) in [5.74, 6) is 1.59. The predicted molar refractivity (Wildman–Crippen MR) is 91.6 cm³/mol. The summed E-state index contributed by atoms with van der Waals surface area (Å²) in [6.45, 7) is 7.10. The van der Waals surface area contributed by atoms with Gasteiger partial charge in [0.15, 0.2) is 0 Å². The maximum absolute atomic E-state index is 10.0. The average Bonchev–Trinajstić information content (AvgIpc) is 2.97. The van der Waals surface area contributed by atoms with Crippen LogP contribution in [0.15, 0.2) is 24.3 Å². The standard InChI is InChI=1S/C18H27N3O2/c1-13(2)23-12-15(22)11-21-9-7-14(8-10-21)18-19-16-5-3-4-6-17(16)20-18/h3-6,13-15,22H,7-12H2,1-2H3,(H,19,20)/t15-/m1/s1. The molecule has 2 aromatic rings. The van der Waals surface area contributed by atoms with E-state index < -0.39 is 6.10 Å². The number of nitrogens with zero attached hydrogens (tertiary/aromatic N) is 2. The Morgan fingerprint density at radius 2 is 2.04 bits per heavy atom. The molecule has 2 N–H and O–H groups in total. The molecule has 126 valence electrons. The lowest BCUT2D eigenvalue weighted by Crippen LogP contribution is -2.40. The first-order chi connectivity index (χ1) is 11.1. The minimum Gasteiger partial charge on any atom is -0.389 e. The highest BCUT2D eigenvalue weighted by Gasteiger charge is 2.24. The van der Waals surface area contributed by atoms with Gasteiger partial charge in [-0.05, 0) is 51.9 Å². The number of ether oxygens (including phenoxy) is 1. The molecule has 1 aromatic carbocycles. The Morgan fingerprint density at radius 3 is 2.74 bits per heavy atom. The van der Waals surface area contributed by atoms with E-state index in [1.165, 1.54) is 0 Å². The van der Waals surface area contributed by atoms with Crippen LogP contribution in [0, 0.1) is 0 Å². The summed E-state index contributed by atoms with van der Waals surface area (Å²) in [4.78, 5) is 10.5. The number of aliphatic hydroxyl groups is 1. The number of aromatic amines is 1. The highest BCUT2D eigenvalue weighted by atomic mass is 16.5. The van der Waals surface area contributed by atoms with Crippen molar-refractivity contribution in [1.29, 1.82) is 0 Å². The van der Waals surface area contributed by atoms with Gasteiger partial charge in [-0.25, -0.2) is 4.98 Å². The van der Waals surface area contributed by atoms with Crippen molar-refractivity contribution >= 4 is 11.0 Å². The van der Waals surface area contributed by atoms with E-state index in [9.17, 15) is 5.11 Å². The first kappa shape index (κ1) is 16.4. The summed E-state index contributed by atoms with van der Waals surface area (Å²) in [6, 6.07) is 8.19. The van der Waals surface area contributed by atoms with Gasteiger partial charge >= 0.3 is 0 Å². The lowest BCUT2D eigenvalue weighted by atomic mass is 9.96. The summed E-state index contributed by atoms with van der Waals surface area (Å²) in [6.07, 6.45) is 1.93. The second-order valence-electron chi connectivity index (χ2n) is 6.75. The van der Waals surface area contributed by atoms with Crippen molar-refractivity contribution in [3.05, 3.63) is 30.1 Å². The molecule has 1 aliphatic rings. The van der Waals surface area contributed by atoms with E-state index in [0.717, 1.165) is 42.8 Å². The molecule has 1 saturated heterocycles. The van der Waals surface area contributed by atoms with Crippen molar-refractivity contribution in [1.82, 2.24) is 14.9 Å². The molecular weight excluding hydrogens is 290 g/mol. The molecule has 0 bridgehead atoms. The largest absolute Gasteiger partial charge is 0.389 e. The van der Waals surface area contributed by atoms with E-state index in [2.05, 4.69) is 22.0 Å². The molecule has 0 amide bonds. The van der Waals surface area contributed by atoms with Crippen LogP contribution in [-0.2, 0) is 4.74 Å². The number of nitrogens with one attached hydrogen (secondary N) is 1. The van der Waals surface area contributed by atoms with Gasteiger partial charge < -0.3 is 19.7 Å². The highest BCUT2D eigenvalue weighted by molar-refractivity contribution is 5.74. The molecule has 1 atom stereocenters. The van der Waals surface area contributed by atoms with E-state index in [1.54, 1.807) is 0 Å². The topological polar surface area (TPSA) is 61.4 Å². The molecule has 3 rings (SSSR count). The van der Waals surface area contributed by atoms with Crippen molar-refractivity contribution in [3.63, 3.8) is 0 Å². The second kappa shape index (κ2) is 7.43. The SMILES string of the molecule is CC(C)OC[C@H](O)CN1CCC(c2nc3ccccc3[nH]2)CC1. The predicted octanol–water partition coefficient (Wildman–Crippen LogP) is 2.53. The summed E-state index contributed by atoms with van der Waals surface area (Å²) in [5.41, 5.74) is 2.16. The number of imidazole rings is 1. The number of fused-ring (bicyclic) bond motifs is 1. The summed E-state index contributed by atoms with van der Waals surface area (Å²) >= 11 is 0. The lowest BCUT2D eigenvalue weighted by molar-refractivity contribution is -0.0112. The number of H-pyrrole nitrogens is 1. The molecule has 0 spiro atoms. The van der Waals surface area contributed by atoms with E-state index >= 15 is 0 Å². The number of aromatic nitrogens is 2. The second-order valence-corrected chi connectivity index (χ2v) is 6.75. The third-order valence-corrected chi connectivity index (χ3v) is 4.47. The van der Waals surface area contributed by atoms with Crippen molar-refractivity contribution in [2.45, 2.75) is 44.8 Å². The van der Waals surface area contributed by atoms with Crippen LogP contribution < -0.4 is 0 Å². The van der Waals surface area contributed by atoms with Gasteiger partial charge in [-0.1, -0.05) is 12.1 Å². The monoisotopic (exact) mass is 317 g/mol. The van der Waals surface area contributed by atoms with Gasteiger partial charge in [0.05, 0.1) is 29.8 Å². The quantitative estimate of drug-likeness (QED) is 0.859. The van der Waals surface area contributed by atoms with Crippen LogP contribution >= 0.6 is 0 Å². The van der Waals surface area contributed by atoms with Crippen LogP contribution in [-0.4, -0.2) is 58.4 Å². The Labute approximate surface area is 137 Å². The van der Waals surface area contributed by atoms with E-state index in [0.29, 0.717) is 19.1 Å². The van der Waals surface area contributed by atoms with E-state index in [-0.39, 0.29) is 6.10 Å². The molecule has 23 heavy (non-hydrogen) atoms. The summed E-state index contributed by atoms with van der Waals surface area (Å²) < 4.78 is 5.48. The molecule has 0 aliphatic carbocycles.